The van der Waals surface area contributed by atoms with Gasteiger partial charge in [0.1, 0.15) is 17.4 Å². The monoisotopic (exact) mass is 327 g/mol. The molecule has 2 nitrogen and oxygen atoms in total. The van der Waals surface area contributed by atoms with Crippen LogP contribution < -0.4 is 10.5 Å². The first-order chi connectivity index (χ1) is 9.02. The van der Waals surface area contributed by atoms with Crippen LogP contribution in [-0.2, 0) is 0 Å². The fourth-order valence-electron chi connectivity index (χ4n) is 1.83. The van der Waals surface area contributed by atoms with Gasteiger partial charge in [-0.05, 0) is 51.8 Å². The van der Waals surface area contributed by atoms with Crippen molar-refractivity contribution in [2.45, 2.75) is 6.04 Å². The van der Waals surface area contributed by atoms with E-state index in [2.05, 4.69) is 15.9 Å². The van der Waals surface area contributed by atoms with E-state index in [-0.39, 0.29) is 5.82 Å². The number of benzene rings is 2. The Labute approximate surface area is 118 Å². The van der Waals surface area contributed by atoms with E-state index in [9.17, 15) is 8.78 Å². The summed E-state index contributed by atoms with van der Waals surface area (Å²) in [4.78, 5) is 0. The van der Waals surface area contributed by atoms with Gasteiger partial charge in [-0.3, -0.25) is 0 Å². The molecule has 0 amide bonds. The van der Waals surface area contributed by atoms with Gasteiger partial charge in [0.2, 0.25) is 0 Å². The Morgan fingerprint density at radius 3 is 2.53 bits per heavy atom. The summed E-state index contributed by atoms with van der Waals surface area (Å²) in [5.74, 6) is -0.274. The maximum atomic E-state index is 13.3. The lowest BCUT2D eigenvalue weighted by molar-refractivity contribution is 0.406. The van der Waals surface area contributed by atoms with Crippen molar-refractivity contribution in [3.8, 4) is 5.75 Å². The largest absolute Gasteiger partial charge is 0.496 e. The average Bonchev–Trinajstić information content (AvgIpc) is 2.41. The van der Waals surface area contributed by atoms with Gasteiger partial charge < -0.3 is 10.5 Å². The Morgan fingerprint density at radius 1 is 1.16 bits per heavy atom. The highest BCUT2D eigenvalue weighted by Crippen LogP contribution is 2.30. The minimum atomic E-state index is -0.595. The number of ether oxygens (including phenoxy) is 1. The molecule has 0 aliphatic carbocycles. The van der Waals surface area contributed by atoms with Crippen LogP contribution in [0.25, 0.3) is 0 Å². The quantitative estimate of drug-likeness (QED) is 0.931. The van der Waals surface area contributed by atoms with Crippen LogP contribution in [0.4, 0.5) is 8.78 Å². The molecule has 1 unspecified atom stereocenters. The van der Waals surface area contributed by atoms with E-state index < -0.39 is 11.9 Å². The first-order valence-electron chi connectivity index (χ1n) is 5.57. The van der Waals surface area contributed by atoms with Gasteiger partial charge in [0, 0.05) is 5.56 Å². The van der Waals surface area contributed by atoms with Crippen LogP contribution in [0, 0.1) is 11.6 Å². The van der Waals surface area contributed by atoms with E-state index >= 15 is 0 Å². The molecule has 1 atom stereocenters. The smallest absolute Gasteiger partial charge is 0.137 e. The van der Waals surface area contributed by atoms with Crippen LogP contribution in [0.1, 0.15) is 17.2 Å². The maximum absolute atomic E-state index is 13.3. The van der Waals surface area contributed by atoms with Crippen molar-refractivity contribution >= 4 is 15.9 Å². The predicted octanol–water partition coefficient (Wildman–Crippen LogP) is 3.78. The lowest BCUT2D eigenvalue weighted by Crippen LogP contribution is -2.13. The number of methoxy groups -OCH3 is 1. The Bertz CT molecular complexity index is 604. The highest BCUT2D eigenvalue weighted by Gasteiger charge is 2.16. The fraction of sp³-hybridized carbons (Fsp3) is 0.143. The van der Waals surface area contributed by atoms with Crippen LogP contribution in [0.5, 0.6) is 5.75 Å². The molecule has 5 heteroatoms. The zero-order valence-corrected chi connectivity index (χ0v) is 11.7. The van der Waals surface area contributed by atoms with Crippen LogP contribution in [-0.4, -0.2) is 7.11 Å². The molecule has 0 radical (unpaired) electrons. The van der Waals surface area contributed by atoms with Crippen molar-refractivity contribution < 1.29 is 13.5 Å². The second kappa shape index (κ2) is 5.67. The van der Waals surface area contributed by atoms with E-state index in [1.165, 1.54) is 31.4 Å². The Hall–Kier alpha value is -1.46. The third kappa shape index (κ3) is 2.93. The lowest BCUT2D eigenvalue weighted by Gasteiger charge is -2.16. The van der Waals surface area contributed by atoms with Gasteiger partial charge in [-0.1, -0.05) is 6.07 Å². The number of hydrogen-bond acceptors (Lipinski definition) is 2. The standard InChI is InChI=1S/C14H12BrF2NO/c1-19-13-5-3-9(16)7-10(13)14(18)8-2-4-12(17)11(15)6-8/h2-7,14H,18H2,1H3. The van der Waals surface area contributed by atoms with E-state index in [1.54, 1.807) is 12.1 Å². The minimum Gasteiger partial charge on any atom is -0.496 e. The summed E-state index contributed by atoms with van der Waals surface area (Å²) < 4.78 is 32.0. The van der Waals surface area contributed by atoms with Crippen LogP contribution in [0.15, 0.2) is 40.9 Å². The predicted molar refractivity (Wildman–Crippen MR) is 73.1 cm³/mol. The Kier molecular flexibility index (Phi) is 4.17. The number of rotatable bonds is 3. The molecule has 0 saturated carbocycles. The second-order valence-corrected chi connectivity index (χ2v) is 4.89. The van der Waals surface area contributed by atoms with Gasteiger partial charge in [-0.25, -0.2) is 8.78 Å². The number of nitrogens with two attached hydrogens (primary N) is 1. The zero-order valence-electron chi connectivity index (χ0n) is 10.2. The first kappa shape index (κ1) is 14.0. The molecular formula is C14H12BrF2NO. The van der Waals surface area contributed by atoms with Crippen molar-refractivity contribution in [2.24, 2.45) is 5.73 Å². The van der Waals surface area contributed by atoms with Gasteiger partial charge in [0.05, 0.1) is 17.6 Å². The Balaban J connectivity index is 2.45. The molecule has 0 fully saturated rings. The first-order valence-corrected chi connectivity index (χ1v) is 6.36. The molecule has 100 valence electrons. The minimum absolute atomic E-state index is 0.316. The molecule has 2 aromatic rings. The molecule has 0 aromatic heterocycles. The lowest BCUT2D eigenvalue weighted by atomic mass is 9.98. The third-order valence-electron chi connectivity index (χ3n) is 2.83. The topological polar surface area (TPSA) is 35.2 Å². The molecule has 19 heavy (non-hydrogen) atoms. The SMILES string of the molecule is COc1ccc(F)cc1C(N)c1ccc(F)c(Br)c1. The van der Waals surface area contributed by atoms with Gasteiger partial charge >= 0.3 is 0 Å². The fourth-order valence-corrected chi connectivity index (χ4v) is 2.23. The summed E-state index contributed by atoms with van der Waals surface area (Å²) in [6, 6.07) is 7.99. The number of halogens is 3. The highest BCUT2D eigenvalue weighted by molar-refractivity contribution is 9.10. The summed E-state index contributed by atoms with van der Waals surface area (Å²) in [6.07, 6.45) is 0. The molecular weight excluding hydrogens is 316 g/mol. The molecule has 0 aliphatic rings. The molecule has 2 aromatic carbocycles. The van der Waals surface area contributed by atoms with E-state index in [0.717, 1.165) is 0 Å². The molecule has 0 aliphatic heterocycles. The third-order valence-corrected chi connectivity index (χ3v) is 3.44. The Morgan fingerprint density at radius 2 is 1.89 bits per heavy atom. The second-order valence-electron chi connectivity index (χ2n) is 4.04. The summed E-state index contributed by atoms with van der Waals surface area (Å²) in [5.41, 5.74) is 7.27. The molecule has 2 rings (SSSR count). The average molecular weight is 328 g/mol. The molecule has 0 saturated heterocycles. The summed E-state index contributed by atoms with van der Waals surface area (Å²) in [6.45, 7) is 0. The van der Waals surface area contributed by atoms with Crippen molar-refractivity contribution in [1.82, 2.24) is 0 Å². The van der Waals surface area contributed by atoms with Crippen LogP contribution >= 0.6 is 15.9 Å². The normalized spacial score (nSPS) is 12.3. The molecule has 2 N–H and O–H groups in total. The van der Waals surface area contributed by atoms with Gasteiger partial charge in [0.15, 0.2) is 0 Å². The van der Waals surface area contributed by atoms with Crippen molar-refractivity contribution in [3.63, 3.8) is 0 Å². The molecule has 0 bridgehead atoms. The van der Waals surface area contributed by atoms with Gasteiger partial charge in [-0.2, -0.15) is 0 Å². The van der Waals surface area contributed by atoms with Crippen LogP contribution in [0.3, 0.4) is 0 Å². The molecule has 0 spiro atoms. The van der Waals surface area contributed by atoms with Gasteiger partial charge in [-0.15, -0.1) is 0 Å². The van der Waals surface area contributed by atoms with Crippen molar-refractivity contribution in [3.05, 3.63) is 63.6 Å². The van der Waals surface area contributed by atoms with Crippen LogP contribution in [0.2, 0.25) is 0 Å². The highest BCUT2D eigenvalue weighted by atomic mass is 79.9. The van der Waals surface area contributed by atoms with E-state index in [0.29, 0.717) is 21.3 Å². The summed E-state index contributed by atoms with van der Waals surface area (Å²) in [5, 5.41) is 0. The van der Waals surface area contributed by atoms with E-state index in [1.807, 2.05) is 0 Å². The zero-order chi connectivity index (χ0) is 14.0. The van der Waals surface area contributed by atoms with Crippen molar-refractivity contribution in [1.29, 1.82) is 0 Å². The number of hydrogen-bond donors (Lipinski definition) is 1. The maximum Gasteiger partial charge on any atom is 0.137 e. The van der Waals surface area contributed by atoms with Crippen molar-refractivity contribution in [2.75, 3.05) is 7.11 Å². The molecule has 0 heterocycles. The van der Waals surface area contributed by atoms with Gasteiger partial charge in [0.25, 0.3) is 0 Å². The summed E-state index contributed by atoms with van der Waals surface area (Å²) in [7, 11) is 1.49. The summed E-state index contributed by atoms with van der Waals surface area (Å²) >= 11 is 3.10. The van der Waals surface area contributed by atoms with E-state index in [4.69, 9.17) is 10.5 Å².